The molecular formula is C19H19ClN4O2S2. The third-order valence-electron chi connectivity index (χ3n) is 4.46. The van der Waals surface area contributed by atoms with Gasteiger partial charge in [0.05, 0.1) is 22.9 Å². The normalized spacial score (nSPS) is 14.3. The summed E-state index contributed by atoms with van der Waals surface area (Å²) in [6.07, 6.45) is 0.340. The molecule has 3 aromatic rings. The maximum absolute atomic E-state index is 12.4. The number of piperazine rings is 1. The molecular weight excluding hydrogens is 416 g/mol. The zero-order valence-corrected chi connectivity index (χ0v) is 17.5. The predicted octanol–water partition coefficient (Wildman–Crippen LogP) is 4.04. The average molecular weight is 435 g/mol. The number of para-hydroxylation sites is 1. The lowest BCUT2D eigenvalue weighted by Crippen LogP contribution is -2.49. The molecule has 1 aromatic carbocycles. The van der Waals surface area contributed by atoms with Crippen LogP contribution in [0.4, 0.5) is 5.13 Å². The summed E-state index contributed by atoms with van der Waals surface area (Å²) in [5.41, 5.74) is 0. The fourth-order valence-electron chi connectivity index (χ4n) is 2.96. The highest BCUT2D eigenvalue weighted by atomic mass is 35.5. The van der Waals surface area contributed by atoms with Crippen molar-refractivity contribution in [3.63, 3.8) is 0 Å². The van der Waals surface area contributed by atoms with E-state index in [9.17, 15) is 4.79 Å². The zero-order chi connectivity index (χ0) is 19.3. The van der Waals surface area contributed by atoms with Crippen LogP contribution in [0.3, 0.4) is 0 Å². The number of thiophene rings is 1. The number of carbonyl (C=O) groups excluding carboxylic acids is 1. The van der Waals surface area contributed by atoms with Crippen LogP contribution in [0.15, 0.2) is 41.8 Å². The monoisotopic (exact) mass is 434 g/mol. The first-order valence-corrected chi connectivity index (χ1v) is 11.1. The maximum atomic E-state index is 12.4. The van der Waals surface area contributed by atoms with Gasteiger partial charge in [-0.3, -0.25) is 4.79 Å². The second-order valence-electron chi connectivity index (χ2n) is 6.26. The van der Waals surface area contributed by atoms with Gasteiger partial charge in [-0.2, -0.15) is 0 Å². The van der Waals surface area contributed by atoms with Crippen molar-refractivity contribution in [3.8, 4) is 15.6 Å². The third kappa shape index (κ3) is 4.45. The summed E-state index contributed by atoms with van der Waals surface area (Å²) >= 11 is 9.32. The topological polar surface area (TPSA) is 58.6 Å². The van der Waals surface area contributed by atoms with Gasteiger partial charge in [0.15, 0.2) is 5.01 Å². The Kier molecular flexibility index (Phi) is 6.09. The standard InChI is InChI=1S/C19H19ClN4O2S2/c20-14-4-1-2-5-15(14)26-12-7-17(25)23-8-10-24(11-9-23)19-22-21-18(28-19)16-6-3-13-27-16/h1-6,13H,7-12H2. The van der Waals surface area contributed by atoms with E-state index in [2.05, 4.69) is 21.2 Å². The first-order valence-electron chi connectivity index (χ1n) is 8.98. The van der Waals surface area contributed by atoms with E-state index in [1.54, 1.807) is 34.8 Å². The Bertz CT molecular complexity index is 924. The quantitative estimate of drug-likeness (QED) is 0.586. The van der Waals surface area contributed by atoms with Crippen LogP contribution in [0.25, 0.3) is 9.88 Å². The summed E-state index contributed by atoms with van der Waals surface area (Å²) in [5.74, 6) is 0.711. The predicted molar refractivity (Wildman–Crippen MR) is 114 cm³/mol. The molecule has 3 heterocycles. The molecule has 1 fully saturated rings. The summed E-state index contributed by atoms with van der Waals surface area (Å²) in [5, 5.41) is 13.1. The second kappa shape index (κ2) is 8.89. The molecule has 0 atom stereocenters. The van der Waals surface area contributed by atoms with Crippen LogP contribution in [0.5, 0.6) is 5.75 Å². The number of rotatable bonds is 6. The van der Waals surface area contributed by atoms with Crippen LogP contribution in [-0.4, -0.2) is 53.8 Å². The Morgan fingerprint density at radius 2 is 1.93 bits per heavy atom. The minimum absolute atomic E-state index is 0.100. The fourth-order valence-corrected chi connectivity index (χ4v) is 4.84. The molecule has 0 N–H and O–H groups in total. The summed E-state index contributed by atoms with van der Waals surface area (Å²) in [6, 6.07) is 11.4. The van der Waals surface area contributed by atoms with Crippen molar-refractivity contribution in [2.45, 2.75) is 6.42 Å². The smallest absolute Gasteiger partial charge is 0.226 e. The van der Waals surface area contributed by atoms with Gasteiger partial charge < -0.3 is 14.5 Å². The largest absolute Gasteiger partial charge is 0.491 e. The van der Waals surface area contributed by atoms with Crippen LogP contribution in [0, 0.1) is 0 Å². The van der Waals surface area contributed by atoms with E-state index in [4.69, 9.17) is 16.3 Å². The summed E-state index contributed by atoms with van der Waals surface area (Å²) in [7, 11) is 0. The Morgan fingerprint density at radius 3 is 2.68 bits per heavy atom. The van der Waals surface area contributed by atoms with E-state index in [1.807, 2.05) is 28.5 Å². The zero-order valence-electron chi connectivity index (χ0n) is 15.1. The number of amides is 1. The van der Waals surface area contributed by atoms with Crippen molar-refractivity contribution < 1.29 is 9.53 Å². The van der Waals surface area contributed by atoms with Gasteiger partial charge in [-0.25, -0.2) is 0 Å². The number of hydrogen-bond acceptors (Lipinski definition) is 7. The molecule has 0 spiro atoms. The molecule has 0 bridgehead atoms. The summed E-state index contributed by atoms with van der Waals surface area (Å²) < 4.78 is 5.62. The molecule has 9 heteroatoms. The van der Waals surface area contributed by atoms with E-state index in [0.29, 0.717) is 36.9 Å². The highest BCUT2D eigenvalue weighted by Gasteiger charge is 2.23. The lowest BCUT2D eigenvalue weighted by molar-refractivity contribution is -0.132. The first-order chi connectivity index (χ1) is 13.7. The van der Waals surface area contributed by atoms with Gasteiger partial charge in [-0.15, -0.1) is 21.5 Å². The molecule has 4 rings (SSSR count). The van der Waals surface area contributed by atoms with Gasteiger partial charge in [-0.05, 0) is 23.6 Å². The number of hydrogen-bond donors (Lipinski definition) is 0. The van der Waals surface area contributed by atoms with E-state index < -0.39 is 0 Å². The molecule has 1 aliphatic heterocycles. The molecule has 0 unspecified atom stereocenters. The van der Waals surface area contributed by atoms with Crippen molar-refractivity contribution in [2.24, 2.45) is 0 Å². The van der Waals surface area contributed by atoms with E-state index in [1.165, 1.54) is 0 Å². The highest BCUT2D eigenvalue weighted by Crippen LogP contribution is 2.31. The molecule has 0 aliphatic carbocycles. The molecule has 0 radical (unpaired) electrons. The molecule has 1 saturated heterocycles. The number of aromatic nitrogens is 2. The molecule has 6 nitrogen and oxygen atoms in total. The van der Waals surface area contributed by atoms with Crippen molar-refractivity contribution in [3.05, 3.63) is 46.8 Å². The second-order valence-corrected chi connectivity index (χ2v) is 8.57. The molecule has 2 aromatic heterocycles. The van der Waals surface area contributed by atoms with Gasteiger partial charge >= 0.3 is 0 Å². The van der Waals surface area contributed by atoms with Crippen LogP contribution in [0.1, 0.15) is 6.42 Å². The average Bonchev–Trinajstić information content (AvgIpc) is 3.41. The van der Waals surface area contributed by atoms with Crippen LogP contribution in [0.2, 0.25) is 5.02 Å². The molecule has 0 saturated carbocycles. The number of halogens is 1. The van der Waals surface area contributed by atoms with Crippen molar-refractivity contribution in [1.29, 1.82) is 0 Å². The van der Waals surface area contributed by atoms with Crippen LogP contribution >= 0.6 is 34.3 Å². The van der Waals surface area contributed by atoms with Gasteiger partial charge in [0.2, 0.25) is 11.0 Å². The number of anilines is 1. The Balaban J connectivity index is 1.25. The number of benzene rings is 1. The number of nitrogens with zero attached hydrogens (tertiary/aromatic N) is 4. The van der Waals surface area contributed by atoms with Crippen molar-refractivity contribution in [2.75, 3.05) is 37.7 Å². The summed E-state index contributed by atoms with van der Waals surface area (Å²) in [4.78, 5) is 17.7. The highest BCUT2D eigenvalue weighted by molar-refractivity contribution is 7.22. The Hall–Kier alpha value is -2.16. The van der Waals surface area contributed by atoms with E-state index in [-0.39, 0.29) is 5.91 Å². The molecule has 28 heavy (non-hydrogen) atoms. The van der Waals surface area contributed by atoms with Crippen LogP contribution < -0.4 is 9.64 Å². The Labute approximate surface area is 176 Å². The maximum Gasteiger partial charge on any atom is 0.226 e. The van der Waals surface area contributed by atoms with Gasteiger partial charge in [-0.1, -0.05) is 41.1 Å². The molecule has 146 valence electrons. The van der Waals surface area contributed by atoms with E-state index >= 15 is 0 Å². The number of carbonyl (C=O) groups is 1. The molecule has 1 amide bonds. The summed E-state index contributed by atoms with van der Waals surface area (Å²) in [6.45, 7) is 3.20. The number of ether oxygens (including phenoxy) is 1. The SMILES string of the molecule is O=C(CCOc1ccccc1Cl)N1CCN(c2nnc(-c3cccs3)s2)CC1. The molecule has 1 aliphatic rings. The van der Waals surface area contributed by atoms with Gasteiger partial charge in [0.1, 0.15) is 5.75 Å². The van der Waals surface area contributed by atoms with Crippen molar-refractivity contribution in [1.82, 2.24) is 15.1 Å². The van der Waals surface area contributed by atoms with Gasteiger partial charge in [0.25, 0.3) is 0 Å². The first kappa shape index (κ1) is 19.2. The lowest BCUT2D eigenvalue weighted by atomic mass is 10.3. The van der Waals surface area contributed by atoms with Gasteiger partial charge in [0, 0.05) is 26.2 Å². The van der Waals surface area contributed by atoms with Crippen molar-refractivity contribution >= 4 is 45.3 Å². The third-order valence-corrected chi connectivity index (χ3v) is 6.79. The fraction of sp³-hybridized carbons (Fsp3) is 0.316. The minimum Gasteiger partial charge on any atom is -0.491 e. The lowest BCUT2D eigenvalue weighted by Gasteiger charge is -2.34. The van der Waals surface area contributed by atoms with Crippen LogP contribution in [-0.2, 0) is 4.79 Å². The van der Waals surface area contributed by atoms with E-state index in [0.717, 1.165) is 28.1 Å². The Morgan fingerprint density at radius 1 is 1.11 bits per heavy atom. The minimum atomic E-state index is 0.100.